The number of aromatic nitrogens is 2. The summed E-state index contributed by atoms with van der Waals surface area (Å²) in [5, 5.41) is 7.14. The summed E-state index contributed by atoms with van der Waals surface area (Å²) in [5.41, 5.74) is 2.59. The van der Waals surface area contributed by atoms with Crippen LogP contribution in [0.2, 0.25) is 0 Å². The molecule has 1 N–H and O–H groups in total. The van der Waals surface area contributed by atoms with Crippen molar-refractivity contribution in [3.05, 3.63) is 41.7 Å². The van der Waals surface area contributed by atoms with Crippen molar-refractivity contribution in [1.29, 1.82) is 0 Å². The normalized spacial score (nSPS) is 15.2. The van der Waals surface area contributed by atoms with E-state index in [0.29, 0.717) is 18.0 Å². The fourth-order valence-corrected chi connectivity index (χ4v) is 2.94. The summed E-state index contributed by atoms with van der Waals surface area (Å²) in [5.74, 6) is 0.281. The van der Waals surface area contributed by atoms with Gasteiger partial charge < -0.3 is 10.1 Å². The second-order valence-electron chi connectivity index (χ2n) is 6.14. The monoisotopic (exact) mass is 342 g/mol. The Morgan fingerprint density at radius 3 is 2.88 bits per heavy atom. The van der Waals surface area contributed by atoms with Crippen LogP contribution in [0.1, 0.15) is 30.6 Å². The zero-order chi connectivity index (χ0) is 18.0. The van der Waals surface area contributed by atoms with Gasteiger partial charge in [0, 0.05) is 18.3 Å². The van der Waals surface area contributed by atoms with E-state index in [1.807, 2.05) is 33.0 Å². The number of nitrogens with one attached hydrogen (secondary N) is 1. The highest BCUT2D eigenvalue weighted by Crippen LogP contribution is 2.30. The maximum Gasteiger partial charge on any atom is 0.240 e. The molecule has 2 aromatic rings. The fourth-order valence-electron chi connectivity index (χ4n) is 2.94. The predicted octanol–water partition coefficient (Wildman–Crippen LogP) is 1.72. The number of carbonyl (C=O) groups excluding carboxylic acids is 2. The Bertz CT molecular complexity index is 799. The van der Waals surface area contributed by atoms with Crippen molar-refractivity contribution >= 4 is 17.5 Å². The Balaban J connectivity index is 1.73. The Hall–Kier alpha value is -2.83. The number of amides is 2. The first-order chi connectivity index (χ1) is 12.0. The van der Waals surface area contributed by atoms with Gasteiger partial charge in [-0.25, -0.2) is 0 Å². The van der Waals surface area contributed by atoms with E-state index in [0.717, 1.165) is 11.3 Å². The molecule has 0 spiro atoms. The molecule has 0 aliphatic carbocycles. The molecule has 7 nitrogen and oxygen atoms in total. The van der Waals surface area contributed by atoms with Crippen LogP contribution < -0.4 is 15.0 Å². The van der Waals surface area contributed by atoms with Gasteiger partial charge in [0.1, 0.15) is 12.3 Å². The van der Waals surface area contributed by atoms with E-state index in [2.05, 4.69) is 10.4 Å². The van der Waals surface area contributed by atoms with Crippen molar-refractivity contribution in [3.8, 4) is 5.75 Å². The zero-order valence-corrected chi connectivity index (χ0v) is 14.7. The molecule has 0 saturated heterocycles. The van der Waals surface area contributed by atoms with Gasteiger partial charge in [-0.05, 0) is 26.0 Å². The lowest BCUT2D eigenvalue weighted by Crippen LogP contribution is -2.41. The van der Waals surface area contributed by atoms with Crippen molar-refractivity contribution in [1.82, 2.24) is 15.1 Å². The molecule has 1 unspecified atom stereocenters. The Labute approximate surface area is 146 Å². The standard InChI is InChI=1S/C18H22N4O3/c1-12(14-10-19-21(3)13(14)2)20-17(23)11-22-15-6-4-5-7-16(15)25-9-8-18(22)24/h4-7,10,12H,8-9,11H2,1-3H3,(H,20,23). The summed E-state index contributed by atoms with van der Waals surface area (Å²) in [4.78, 5) is 26.4. The van der Waals surface area contributed by atoms with E-state index >= 15 is 0 Å². The van der Waals surface area contributed by atoms with E-state index < -0.39 is 0 Å². The maximum absolute atomic E-state index is 12.5. The third-order valence-corrected chi connectivity index (χ3v) is 4.45. The van der Waals surface area contributed by atoms with Crippen LogP contribution in [0.3, 0.4) is 0 Å². The molecule has 1 aromatic heterocycles. The number of hydrogen-bond acceptors (Lipinski definition) is 4. The molecule has 1 aromatic carbocycles. The molecule has 7 heteroatoms. The zero-order valence-electron chi connectivity index (χ0n) is 14.7. The van der Waals surface area contributed by atoms with Gasteiger partial charge in [-0.3, -0.25) is 19.2 Å². The van der Waals surface area contributed by atoms with Crippen LogP contribution in [-0.4, -0.2) is 34.7 Å². The van der Waals surface area contributed by atoms with Crippen LogP contribution in [-0.2, 0) is 16.6 Å². The number of ether oxygens (including phenoxy) is 1. The number of para-hydroxylation sites is 2. The Morgan fingerprint density at radius 1 is 1.40 bits per heavy atom. The summed E-state index contributed by atoms with van der Waals surface area (Å²) in [6.07, 6.45) is 2.00. The first-order valence-electron chi connectivity index (χ1n) is 8.27. The predicted molar refractivity (Wildman–Crippen MR) is 93.4 cm³/mol. The topological polar surface area (TPSA) is 76.5 Å². The SMILES string of the molecule is Cc1c(C(C)NC(=O)CN2C(=O)CCOc3ccccc32)cnn1C. The number of nitrogens with zero attached hydrogens (tertiary/aromatic N) is 3. The molecule has 0 bridgehead atoms. The molecule has 2 amide bonds. The molecular weight excluding hydrogens is 320 g/mol. The van der Waals surface area contributed by atoms with Crippen LogP contribution >= 0.6 is 0 Å². The van der Waals surface area contributed by atoms with Gasteiger partial charge in [0.25, 0.3) is 0 Å². The molecule has 0 fully saturated rings. The molecular formula is C18H22N4O3. The number of benzene rings is 1. The number of fused-ring (bicyclic) bond motifs is 1. The first kappa shape index (κ1) is 17.0. The van der Waals surface area contributed by atoms with Gasteiger partial charge in [-0.15, -0.1) is 0 Å². The minimum atomic E-state index is -0.221. The van der Waals surface area contributed by atoms with Crippen molar-refractivity contribution in [2.45, 2.75) is 26.3 Å². The van der Waals surface area contributed by atoms with Gasteiger partial charge in [-0.1, -0.05) is 12.1 Å². The smallest absolute Gasteiger partial charge is 0.240 e. The van der Waals surface area contributed by atoms with Gasteiger partial charge in [0.2, 0.25) is 11.8 Å². The minimum absolute atomic E-state index is 0.0388. The second kappa shape index (κ2) is 6.96. The average Bonchev–Trinajstić information content (AvgIpc) is 2.83. The number of aryl methyl sites for hydroxylation is 1. The molecule has 2 heterocycles. The van der Waals surface area contributed by atoms with E-state index in [-0.39, 0.29) is 30.8 Å². The highest BCUT2D eigenvalue weighted by atomic mass is 16.5. The first-order valence-corrected chi connectivity index (χ1v) is 8.27. The largest absolute Gasteiger partial charge is 0.491 e. The lowest BCUT2D eigenvalue weighted by atomic mass is 10.1. The lowest BCUT2D eigenvalue weighted by Gasteiger charge is -2.22. The van der Waals surface area contributed by atoms with Crippen LogP contribution in [0.5, 0.6) is 5.75 Å². The summed E-state index contributed by atoms with van der Waals surface area (Å²) >= 11 is 0. The second-order valence-corrected chi connectivity index (χ2v) is 6.14. The highest BCUT2D eigenvalue weighted by Gasteiger charge is 2.25. The molecule has 3 rings (SSSR count). The molecule has 132 valence electrons. The van der Waals surface area contributed by atoms with Gasteiger partial charge in [-0.2, -0.15) is 5.10 Å². The van der Waals surface area contributed by atoms with Crippen molar-refractivity contribution in [3.63, 3.8) is 0 Å². The number of hydrogen-bond donors (Lipinski definition) is 1. The van der Waals surface area contributed by atoms with Crippen molar-refractivity contribution in [2.75, 3.05) is 18.1 Å². The molecule has 0 radical (unpaired) electrons. The highest BCUT2D eigenvalue weighted by molar-refractivity contribution is 6.00. The van der Waals surface area contributed by atoms with E-state index in [4.69, 9.17) is 4.74 Å². The van der Waals surface area contributed by atoms with Crippen LogP contribution in [0.15, 0.2) is 30.5 Å². The van der Waals surface area contributed by atoms with Crippen molar-refractivity contribution in [2.24, 2.45) is 7.05 Å². The number of carbonyl (C=O) groups is 2. The molecule has 1 aliphatic rings. The molecule has 25 heavy (non-hydrogen) atoms. The van der Waals surface area contributed by atoms with Gasteiger partial charge in [0.05, 0.1) is 31.0 Å². The molecule has 1 aliphatic heterocycles. The van der Waals surface area contributed by atoms with E-state index in [1.165, 1.54) is 4.90 Å². The number of rotatable bonds is 4. The average molecular weight is 342 g/mol. The summed E-state index contributed by atoms with van der Waals surface area (Å²) in [7, 11) is 1.86. The lowest BCUT2D eigenvalue weighted by molar-refractivity contribution is -0.124. The Kier molecular flexibility index (Phi) is 4.74. The van der Waals surface area contributed by atoms with Crippen LogP contribution in [0.25, 0.3) is 0 Å². The van der Waals surface area contributed by atoms with Crippen molar-refractivity contribution < 1.29 is 14.3 Å². The van der Waals surface area contributed by atoms with Crippen LogP contribution in [0.4, 0.5) is 5.69 Å². The summed E-state index contributed by atoms with van der Waals surface area (Å²) < 4.78 is 7.36. The molecule has 0 saturated carbocycles. The van der Waals surface area contributed by atoms with Gasteiger partial charge in [0.15, 0.2) is 0 Å². The quantitative estimate of drug-likeness (QED) is 0.918. The van der Waals surface area contributed by atoms with Crippen LogP contribution in [0, 0.1) is 6.92 Å². The third kappa shape index (κ3) is 3.50. The summed E-state index contributed by atoms with van der Waals surface area (Å²) in [6.45, 7) is 4.14. The Morgan fingerprint density at radius 2 is 2.16 bits per heavy atom. The minimum Gasteiger partial charge on any atom is -0.491 e. The van der Waals surface area contributed by atoms with Gasteiger partial charge >= 0.3 is 0 Å². The fraction of sp³-hybridized carbons (Fsp3) is 0.389. The molecule has 1 atom stereocenters. The van der Waals surface area contributed by atoms with E-state index in [1.54, 1.807) is 23.0 Å². The third-order valence-electron chi connectivity index (χ3n) is 4.45. The maximum atomic E-state index is 12.5. The van der Waals surface area contributed by atoms with E-state index in [9.17, 15) is 9.59 Å². The summed E-state index contributed by atoms with van der Waals surface area (Å²) in [6, 6.07) is 7.09. The number of anilines is 1.